The number of carbonyl (C=O) groups excluding carboxylic acids is 1. The van der Waals surface area contributed by atoms with Crippen molar-refractivity contribution in [1.82, 2.24) is 4.90 Å². The number of hydrogen-bond donors (Lipinski definition) is 0. The molecule has 4 nitrogen and oxygen atoms in total. The predicted octanol–water partition coefficient (Wildman–Crippen LogP) is 1.67. The van der Waals surface area contributed by atoms with Gasteiger partial charge >= 0.3 is 0 Å². The predicted molar refractivity (Wildman–Crippen MR) is 59.7 cm³/mol. The summed E-state index contributed by atoms with van der Waals surface area (Å²) in [5, 5.41) is 0. The summed E-state index contributed by atoms with van der Waals surface area (Å²) in [4.78, 5) is 13.5. The summed E-state index contributed by atoms with van der Waals surface area (Å²) in [6.45, 7) is 0.223. The van der Waals surface area contributed by atoms with E-state index in [4.69, 9.17) is 9.47 Å². The van der Waals surface area contributed by atoms with Crippen LogP contribution >= 0.6 is 0 Å². The number of rotatable bonds is 3. The molecule has 0 radical (unpaired) electrons. The van der Waals surface area contributed by atoms with Crippen LogP contribution in [0.4, 0.5) is 0 Å². The van der Waals surface area contributed by atoms with Gasteiger partial charge in [-0.1, -0.05) is 0 Å². The molecule has 84 valence electrons. The van der Waals surface area contributed by atoms with Gasteiger partial charge in [0.15, 0.2) is 17.3 Å². The fraction of sp³-hybridized carbons (Fsp3) is 0.250. The Morgan fingerprint density at radius 1 is 1.31 bits per heavy atom. The molecule has 1 aliphatic heterocycles. The van der Waals surface area contributed by atoms with Gasteiger partial charge in [0.2, 0.25) is 6.79 Å². The second-order valence-electron chi connectivity index (χ2n) is 3.71. The van der Waals surface area contributed by atoms with Crippen molar-refractivity contribution in [3.8, 4) is 11.5 Å². The second-order valence-corrected chi connectivity index (χ2v) is 3.71. The number of benzene rings is 1. The molecule has 0 saturated heterocycles. The lowest BCUT2D eigenvalue weighted by Gasteiger charge is -2.03. The summed E-state index contributed by atoms with van der Waals surface area (Å²) in [5.41, 5.74) is 0.599. The number of ketones is 1. The molecule has 0 saturated carbocycles. The van der Waals surface area contributed by atoms with Crippen LogP contribution < -0.4 is 9.47 Å². The van der Waals surface area contributed by atoms with Crippen LogP contribution in [0, 0.1) is 0 Å². The third kappa shape index (κ3) is 2.16. The summed E-state index contributed by atoms with van der Waals surface area (Å²) in [6.07, 6.45) is 3.24. The Bertz CT molecular complexity index is 438. The summed E-state index contributed by atoms with van der Waals surface area (Å²) in [6, 6.07) is 5.18. The first-order chi connectivity index (χ1) is 7.66. The van der Waals surface area contributed by atoms with Crippen LogP contribution in [0.2, 0.25) is 0 Å². The molecule has 0 fully saturated rings. The van der Waals surface area contributed by atoms with E-state index in [-0.39, 0.29) is 12.6 Å². The Balaban J connectivity index is 2.18. The zero-order chi connectivity index (χ0) is 11.5. The third-order valence-corrected chi connectivity index (χ3v) is 2.18. The lowest BCUT2D eigenvalue weighted by Crippen LogP contribution is -2.03. The van der Waals surface area contributed by atoms with E-state index in [1.165, 1.54) is 6.08 Å². The molecule has 0 unspecified atom stereocenters. The van der Waals surface area contributed by atoms with Crippen LogP contribution in [0.15, 0.2) is 30.5 Å². The molecule has 2 rings (SSSR count). The molecule has 0 bridgehead atoms. The number of hydrogen-bond acceptors (Lipinski definition) is 4. The van der Waals surface area contributed by atoms with Gasteiger partial charge in [-0.3, -0.25) is 4.79 Å². The third-order valence-electron chi connectivity index (χ3n) is 2.18. The SMILES string of the molecule is CN(C)C=CC(=O)c1ccc2c(c1)OCO2. The number of ether oxygens (including phenoxy) is 2. The van der Waals surface area contributed by atoms with E-state index in [0.29, 0.717) is 17.1 Å². The summed E-state index contributed by atoms with van der Waals surface area (Å²) in [7, 11) is 3.73. The summed E-state index contributed by atoms with van der Waals surface area (Å²) in [5.74, 6) is 1.27. The molecule has 0 amide bonds. The molecule has 4 heteroatoms. The Morgan fingerprint density at radius 2 is 2.06 bits per heavy atom. The maximum absolute atomic E-state index is 11.7. The normalized spacial score (nSPS) is 13.1. The topological polar surface area (TPSA) is 38.8 Å². The Morgan fingerprint density at radius 3 is 2.81 bits per heavy atom. The molecular formula is C12H13NO3. The number of carbonyl (C=O) groups is 1. The Kier molecular flexibility index (Phi) is 2.81. The molecule has 0 aliphatic carbocycles. The lowest BCUT2D eigenvalue weighted by atomic mass is 10.1. The van der Waals surface area contributed by atoms with Gasteiger partial charge in [-0.25, -0.2) is 0 Å². The van der Waals surface area contributed by atoms with E-state index < -0.39 is 0 Å². The van der Waals surface area contributed by atoms with E-state index in [0.717, 1.165) is 0 Å². The van der Waals surface area contributed by atoms with E-state index in [9.17, 15) is 4.79 Å². The fourth-order valence-corrected chi connectivity index (χ4v) is 1.36. The van der Waals surface area contributed by atoms with Crippen molar-refractivity contribution in [2.75, 3.05) is 20.9 Å². The molecular weight excluding hydrogens is 206 g/mol. The number of fused-ring (bicyclic) bond motifs is 1. The van der Waals surface area contributed by atoms with Crippen molar-refractivity contribution in [2.24, 2.45) is 0 Å². The average Bonchev–Trinajstić information content (AvgIpc) is 2.72. The van der Waals surface area contributed by atoms with Gasteiger partial charge < -0.3 is 14.4 Å². The van der Waals surface area contributed by atoms with Crippen LogP contribution in [0.5, 0.6) is 11.5 Å². The van der Waals surface area contributed by atoms with Crippen LogP contribution in [-0.4, -0.2) is 31.6 Å². The van der Waals surface area contributed by atoms with Gasteiger partial charge in [0.1, 0.15) is 0 Å². The smallest absolute Gasteiger partial charge is 0.231 e. The van der Waals surface area contributed by atoms with Crippen molar-refractivity contribution in [3.05, 3.63) is 36.0 Å². The van der Waals surface area contributed by atoms with Crippen LogP contribution in [0.3, 0.4) is 0 Å². The zero-order valence-corrected chi connectivity index (χ0v) is 9.27. The highest BCUT2D eigenvalue weighted by molar-refractivity contribution is 6.04. The first-order valence-corrected chi connectivity index (χ1v) is 4.95. The maximum atomic E-state index is 11.7. The Hall–Kier alpha value is -1.97. The van der Waals surface area contributed by atoms with Gasteiger partial charge in [0.05, 0.1) is 0 Å². The van der Waals surface area contributed by atoms with E-state index >= 15 is 0 Å². The van der Waals surface area contributed by atoms with Crippen molar-refractivity contribution >= 4 is 5.78 Å². The van der Waals surface area contributed by atoms with E-state index in [1.54, 1.807) is 24.4 Å². The maximum Gasteiger partial charge on any atom is 0.231 e. The van der Waals surface area contributed by atoms with Gasteiger partial charge in [-0.2, -0.15) is 0 Å². The van der Waals surface area contributed by atoms with Gasteiger partial charge in [0.25, 0.3) is 0 Å². The summed E-state index contributed by atoms with van der Waals surface area (Å²) >= 11 is 0. The fourth-order valence-electron chi connectivity index (χ4n) is 1.36. The van der Waals surface area contributed by atoms with Crippen molar-refractivity contribution < 1.29 is 14.3 Å². The molecule has 0 aromatic heterocycles. The minimum Gasteiger partial charge on any atom is -0.454 e. The molecule has 1 aromatic carbocycles. The van der Waals surface area contributed by atoms with E-state index in [2.05, 4.69) is 0 Å². The highest BCUT2D eigenvalue weighted by Crippen LogP contribution is 2.32. The van der Waals surface area contributed by atoms with E-state index in [1.807, 2.05) is 19.0 Å². The van der Waals surface area contributed by atoms with Crippen molar-refractivity contribution in [2.45, 2.75) is 0 Å². The minimum absolute atomic E-state index is 0.0491. The van der Waals surface area contributed by atoms with Crippen molar-refractivity contribution in [3.63, 3.8) is 0 Å². The molecule has 0 spiro atoms. The highest BCUT2D eigenvalue weighted by atomic mass is 16.7. The molecule has 1 aromatic rings. The first-order valence-electron chi connectivity index (χ1n) is 4.95. The first kappa shape index (κ1) is 10.5. The molecule has 0 N–H and O–H groups in total. The molecule has 0 atom stereocenters. The van der Waals surface area contributed by atoms with Crippen LogP contribution in [0.25, 0.3) is 0 Å². The monoisotopic (exact) mass is 219 g/mol. The lowest BCUT2D eigenvalue weighted by molar-refractivity contribution is 0.104. The number of allylic oxidation sites excluding steroid dienone is 1. The number of nitrogens with zero attached hydrogens (tertiary/aromatic N) is 1. The highest BCUT2D eigenvalue weighted by Gasteiger charge is 2.14. The molecule has 1 aliphatic rings. The standard InChI is InChI=1S/C12H13NO3/c1-13(2)6-5-10(14)9-3-4-11-12(7-9)16-8-15-11/h3-7H,8H2,1-2H3. The second kappa shape index (κ2) is 4.26. The van der Waals surface area contributed by atoms with Crippen molar-refractivity contribution in [1.29, 1.82) is 0 Å². The summed E-state index contributed by atoms with van der Waals surface area (Å²) < 4.78 is 10.4. The van der Waals surface area contributed by atoms with Crippen LogP contribution in [-0.2, 0) is 0 Å². The van der Waals surface area contributed by atoms with Gasteiger partial charge in [-0.15, -0.1) is 0 Å². The Labute approximate surface area is 94.1 Å². The van der Waals surface area contributed by atoms with Gasteiger partial charge in [0, 0.05) is 31.9 Å². The largest absolute Gasteiger partial charge is 0.454 e. The van der Waals surface area contributed by atoms with Crippen LogP contribution in [0.1, 0.15) is 10.4 Å². The molecule has 16 heavy (non-hydrogen) atoms. The zero-order valence-electron chi connectivity index (χ0n) is 9.27. The molecule has 1 heterocycles. The average molecular weight is 219 g/mol. The quantitative estimate of drug-likeness (QED) is 0.572. The van der Waals surface area contributed by atoms with Gasteiger partial charge in [-0.05, 0) is 18.2 Å². The minimum atomic E-state index is -0.0491.